The number of benzene rings is 2. The van der Waals surface area contributed by atoms with Gasteiger partial charge in [0.1, 0.15) is 0 Å². The van der Waals surface area contributed by atoms with E-state index in [-0.39, 0.29) is 36.8 Å². The summed E-state index contributed by atoms with van der Waals surface area (Å²) < 4.78 is 74.7. The quantitative estimate of drug-likeness (QED) is 0.650. The molecule has 2 saturated heterocycles. The third-order valence-electron chi connectivity index (χ3n) is 5.99. The average molecular weight is 469 g/mol. The van der Waals surface area contributed by atoms with Gasteiger partial charge in [-0.05, 0) is 17.7 Å². The predicted octanol–water partition coefficient (Wildman–Crippen LogP) is 2.96. The van der Waals surface area contributed by atoms with Crippen molar-refractivity contribution in [2.75, 3.05) is 40.5 Å². The highest BCUT2D eigenvalue weighted by molar-refractivity contribution is 7.89. The molecule has 4 rings (SSSR count). The number of rotatable bonds is 6. The minimum atomic E-state index is -4.28. The summed E-state index contributed by atoms with van der Waals surface area (Å²) in [4.78, 5) is 1.48. The second kappa shape index (κ2) is 8.58. The summed E-state index contributed by atoms with van der Waals surface area (Å²) in [6.45, 7) is -0.205. The Labute approximate surface area is 186 Å². The molecule has 0 aliphatic carbocycles. The first-order chi connectivity index (χ1) is 15.2. The van der Waals surface area contributed by atoms with E-state index >= 15 is 8.78 Å². The summed E-state index contributed by atoms with van der Waals surface area (Å²) in [6.07, 6.45) is -0.140. The van der Waals surface area contributed by atoms with Gasteiger partial charge in [-0.1, -0.05) is 30.3 Å². The molecule has 10 heteroatoms. The van der Waals surface area contributed by atoms with Gasteiger partial charge >= 0.3 is 5.92 Å². The number of nitrogens with zero attached hydrogens (tertiary/aromatic N) is 2. The van der Waals surface area contributed by atoms with Crippen LogP contribution in [-0.2, 0) is 21.3 Å². The monoisotopic (exact) mass is 468 g/mol. The molecule has 0 saturated carbocycles. The van der Waals surface area contributed by atoms with Crippen LogP contribution in [0.4, 0.5) is 8.78 Å². The summed E-state index contributed by atoms with van der Waals surface area (Å²) in [5.74, 6) is -2.86. The van der Waals surface area contributed by atoms with Crippen molar-refractivity contribution >= 4 is 10.0 Å². The Bertz CT molecular complexity index is 1070. The van der Waals surface area contributed by atoms with E-state index in [4.69, 9.17) is 14.2 Å². The van der Waals surface area contributed by atoms with Crippen molar-refractivity contribution in [2.45, 2.75) is 29.5 Å². The highest BCUT2D eigenvalue weighted by atomic mass is 32.2. The maximum atomic E-state index is 15.6. The van der Waals surface area contributed by atoms with Gasteiger partial charge in [0.25, 0.3) is 0 Å². The summed E-state index contributed by atoms with van der Waals surface area (Å²) >= 11 is 0. The van der Waals surface area contributed by atoms with Crippen LogP contribution < -0.4 is 9.47 Å². The first-order valence-electron chi connectivity index (χ1n) is 10.3. The van der Waals surface area contributed by atoms with Crippen LogP contribution in [0.15, 0.2) is 53.4 Å². The van der Waals surface area contributed by atoms with E-state index in [1.165, 1.54) is 32.4 Å². The number of sulfonamides is 1. The number of halogens is 2. The molecular formula is C22H26F2N2O5S. The molecule has 2 aliphatic heterocycles. The first kappa shape index (κ1) is 22.9. The summed E-state index contributed by atoms with van der Waals surface area (Å²) in [7, 11) is -1.47. The molecule has 1 spiro atoms. The largest absolute Gasteiger partial charge is 0.493 e. The van der Waals surface area contributed by atoms with E-state index in [2.05, 4.69) is 0 Å². The average Bonchev–Trinajstić information content (AvgIpc) is 3.23. The fraction of sp³-hybridized carbons (Fsp3) is 0.455. The van der Waals surface area contributed by atoms with Crippen molar-refractivity contribution in [2.24, 2.45) is 0 Å². The van der Waals surface area contributed by atoms with Crippen molar-refractivity contribution in [3.05, 3.63) is 54.1 Å². The smallest absolute Gasteiger partial charge is 0.303 e. The second-order valence-corrected chi connectivity index (χ2v) is 9.74. The Morgan fingerprint density at radius 1 is 1.03 bits per heavy atom. The molecule has 0 bridgehead atoms. The van der Waals surface area contributed by atoms with Gasteiger partial charge in [0.2, 0.25) is 15.7 Å². The molecule has 2 aromatic rings. The Kier molecular flexibility index (Phi) is 6.15. The van der Waals surface area contributed by atoms with Gasteiger partial charge in [0.15, 0.2) is 11.5 Å². The van der Waals surface area contributed by atoms with Crippen molar-refractivity contribution < 1.29 is 31.4 Å². The molecule has 0 radical (unpaired) electrons. The maximum Gasteiger partial charge on any atom is 0.303 e. The summed E-state index contributed by atoms with van der Waals surface area (Å²) in [5, 5.41) is 0. The molecular weight excluding hydrogens is 442 g/mol. The zero-order valence-corrected chi connectivity index (χ0v) is 18.8. The van der Waals surface area contributed by atoms with Crippen molar-refractivity contribution in [1.29, 1.82) is 0 Å². The molecule has 32 heavy (non-hydrogen) atoms. The highest BCUT2D eigenvalue weighted by Crippen LogP contribution is 2.47. The molecule has 2 heterocycles. The molecule has 1 unspecified atom stereocenters. The number of alkyl halides is 2. The third kappa shape index (κ3) is 3.85. The van der Waals surface area contributed by atoms with E-state index < -0.39 is 28.2 Å². The van der Waals surface area contributed by atoms with E-state index in [1.807, 2.05) is 30.3 Å². The molecule has 2 aromatic carbocycles. The number of hydrogen-bond acceptors (Lipinski definition) is 6. The van der Waals surface area contributed by atoms with E-state index in [0.717, 1.165) is 9.87 Å². The van der Waals surface area contributed by atoms with Gasteiger partial charge < -0.3 is 14.2 Å². The van der Waals surface area contributed by atoms with Crippen LogP contribution in [0, 0.1) is 0 Å². The zero-order chi connectivity index (χ0) is 23.0. The first-order valence-corrected chi connectivity index (χ1v) is 11.7. The standard InChI is InChI=1S/C22H26F2N2O5S/c1-29-19-9-8-18(14-20(19)30-2)32(27,28)26-12-13-31-22(26)10-11-25(16-21(22,23)24)15-17-6-4-3-5-7-17/h3-9,14H,10-13,15-16H2,1-2H3. The Balaban J connectivity index is 1.62. The van der Waals surface area contributed by atoms with Gasteiger partial charge in [-0.2, -0.15) is 4.31 Å². The van der Waals surface area contributed by atoms with Crippen LogP contribution in [0.3, 0.4) is 0 Å². The van der Waals surface area contributed by atoms with Crippen LogP contribution in [0.1, 0.15) is 12.0 Å². The van der Waals surface area contributed by atoms with Gasteiger partial charge in [-0.15, -0.1) is 0 Å². The third-order valence-corrected chi connectivity index (χ3v) is 7.90. The molecule has 0 amide bonds. The lowest BCUT2D eigenvalue weighted by Crippen LogP contribution is -2.67. The Morgan fingerprint density at radius 2 is 1.75 bits per heavy atom. The minimum Gasteiger partial charge on any atom is -0.493 e. The maximum absolute atomic E-state index is 15.6. The van der Waals surface area contributed by atoms with Gasteiger partial charge in [0.05, 0.1) is 32.3 Å². The zero-order valence-electron chi connectivity index (χ0n) is 18.0. The fourth-order valence-corrected chi connectivity index (χ4v) is 6.14. The summed E-state index contributed by atoms with van der Waals surface area (Å²) in [6, 6.07) is 13.4. The highest BCUT2D eigenvalue weighted by Gasteiger charge is 2.66. The number of hydrogen-bond donors (Lipinski definition) is 0. The van der Waals surface area contributed by atoms with E-state index in [1.54, 1.807) is 4.90 Å². The van der Waals surface area contributed by atoms with Crippen molar-refractivity contribution in [1.82, 2.24) is 9.21 Å². The van der Waals surface area contributed by atoms with Gasteiger partial charge in [0, 0.05) is 32.1 Å². The second-order valence-electron chi connectivity index (χ2n) is 7.88. The van der Waals surface area contributed by atoms with Crippen molar-refractivity contribution in [3.63, 3.8) is 0 Å². The van der Waals surface area contributed by atoms with Crippen LogP contribution in [0.5, 0.6) is 11.5 Å². The number of methoxy groups -OCH3 is 2. The van der Waals surface area contributed by atoms with Crippen LogP contribution in [0.25, 0.3) is 0 Å². The fourth-order valence-electron chi connectivity index (χ4n) is 4.41. The van der Waals surface area contributed by atoms with Crippen LogP contribution in [-0.4, -0.2) is 69.7 Å². The molecule has 2 aliphatic rings. The Hall–Kier alpha value is -2.27. The molecule has 0 aromatic heterocycles. The van der Waals surface area contributed by atoms with Gasteiger partial charge in [-0.25, -0.2) is 17.2 Å². The normalized spacial score (nSPS) is 24.0. The van der Waals surface area contributed by atoms with E-state index in [0.29, 0.717) is 12.3 Å². The number of likely N-dealkylation sites (tertiary alicyclic amines) is 1. The van der Waals surface area contributed by atoms with E-state index in [9.17, 15) is 8.42 Å². The SMILES string of the molecule is COc1ccc(S(=O)(=O)N2CCOC23CCN(Cc2ccccc2)CC3(F)F)cc1OC. The predicted molar refractivity (Wildman–Crippen MR) is 113 cm³/mol. The summed E-state index contributed by atoms with van der Waals surface area (Å²) in [5.41, 5.74) is -1.30. The van der Waals surface area contributed by atoms with Crippen LogP contribution >= 0.6 is 0 Å². The Morgan fingerprint density at radius 3 is 2.41 bits per heavy atom. The van der Waals surface area contributed by atoms with Crippen molar-refractivity contribution in [3.8, 4) is 11.5 Å². The lowest BCUT2D eigenvalue weighted by Gasteiger charge is -2.47. The number of ether oxygens (including phenoxy) is 3. The topological polar surface area (TPSA) is 68.3 Å². The van der Waals surface area contributed by atoms with Crippen LogP contribution in [0.2, 0.25) is 0 Å². The van der Waals surface area contributed by atoms with Gasteiger partial charge in [-0.3, -0.25) is 4.90 Å². The molecule has 1 atom stereocenters. The molecule has 174 valence electrons. The lowest BCUT2D eigenvalue weighted by molar-refractivity contribution is -0.252. The lowest BCUT2D eigenvalue weighted by atomic mass is 9.95. The molecule has 7 nitrogen and oxygen atoms in total. The minimum absolute atomic E-state index is 0.0964. The number of piperidine rings is 1. The molecule has 2 fully saturated rings. The molecule has 0 N–H and O–H groups in total.